The van der Waals surface area contributed by atoms with Crippen LogP contribution >= 0.6 is 34.5 Å². The molecule has 0 saturated carbocycles. The molecule has 0 saturated heterocycles. The summed E-state index contributed by atoms with van der Waals surface area (Å²) in [6.45, 7) is 0. The van der Waals surface area contributed by atoms with E-state index in [1.807, 2.05) is 12.1 Å². The normalized spacial score (nSPS) is 10.6. The van der Waals surface area contributed by atoms with Crippen LogP contribution < -0.4 is 0 Å². The van der Waals surface area contributed by atoms with Crippen LogP contribution in [0.1, 0.15) is 0 Å². The number of hydrogen-bond donors (Lipinski definition) is 0. The molecule has 0 unspecified atom stereocenters. The summed E-state index contributed by atoms with van der Waals surface area (Å²) < 4.78 is 0.415. The van der Waals surface area contributed by atoms with Crippen LogP contribution in [-0.2, 0) is 0 Å². The number of thiazole rings is 1. The minimum Gasteiger partial charge on any atom is -0.258 e. The van der Waals surface area contributed by atoms with Crippen molar-refractivity contribution in [3.63, 3.8) is 0 Å². The summed E-state index contributed by atoms with van der Waals surface area (Å²) in [7, 11) is 0. The summed E-state index contributed by atoms with van der Waals surface area (Å²) in [5.74, 6) is 0. The predicted octanol–water partition coefficient (Wildman–Crippen LogP) is 5.69. The highest BCUT2D eigenvalue weighted by atomic mass is 35.5. The number of hydrogen-bond acceptors (Lipinski definition) is 4. The zero-order valence-electron chi connectivity index (χ0n) is 11.0. The van der Waals surface area contributed by atoms with Gasteiger partial charge in [-0.1, -0.05) is 35.3 Å². The van der Waals surface area contributed by atoms with Gasteiger partial charge in [0, 0.05) is 22.7 Å². The third-order valence-corrected chi connectivity index (χ3v) is 4.52. The molecular formula is C15H8Cl2N2O2S. The summed E-state index contributed by atoms with van der Waals surface area (Å²) in [6, 6.07) is 13.6. The lowest BCUT2D eigenvalue weighted by atomic mass is 10.1. The van der Waals surface area contributed by atoms with Crippen LogP contribution in [0.15, 0.2) is 48.5 Å². The monoisotopic (exact) mass is 350 g/mol. The molecule has 0 spiro atoms. The van der Waals surface area contributed by atoms with Crippen LogP contribution in [-0.4, -0.2) is 9.91 Å². The molecule has 1 heterocycles. The molecule has 0 amide bonds. The standard InChI is InChI=1S/C15H8Cl2N2O2S/c16-11-5-1-10(2-6-11)14-13(18-15(17)22-14)9-3-7-12(8-4-9)19(20)21/h1-8H. The maximum absolute atomic E-state index is 10.7. The van der Waals surface area contributed by atoms with Crippen molar-refractivity contribution in [2.45, 2.75) is 0 Å². The maximum atomic E-state index is 10.7. The first-order valence-corrected chi connectivity index (χ1v) is 7.79. The highest BCUT2D eigenvalue weighted by Crippen LogP contribution is 2.39. The Bertz CT molecular complexity index is 830. The van der Waals surface area contributed by atoms with Crippen molar-refractivity contribution in [1.82, 2.24) is 4.98 Å². The fraction of sp³-hybridized carbons (Fsp3) is 0. The Morgan fingerprint density at radius 2 is 1.55 bits per heavy atom. The second kappa shape index (κ2) is 6.04. The molecule has 22 heavy (non-hydrogen) atoms. The first kappa shape index (κ1) is 15.0. The van der Waals surface area contributed by atoms with E-state index in [2.05, 4.69) is 4.98 Å². The zero-order valence-corrected chi connectivity index (χ0v) is 13.3. The van der Waals surface area contributed by atoms with Crippen molar-refractivity contribution >= 4 is 40.2 Å². The number of non-ortho nitro benzene ring substituents is 1. The van der Waals surface area contributed by atoms with Gasteiger partial charge < -0.3 is 0 Å². The van der Waals surface area contributed by atoms with Gasteiger partial charge in [-0.3, -0.25) is 10.1 Å². The van der Waals surface area contributed by atoms with Crippen molar-refractivity contribution in [3.8, 4) is 21.7 Å². The second-order valence-electron chi connectivity index (χ2n) is 4.46. The minimum atomic E-state index is -0.433. The van der Waals surface area contributed by atoms with Crippen molar-refractivity contribution in [2.75, 3.05) is 0 Å². The highest BCUT2D eigenvalue weighted by molar-refractivity contribution is 7.19. The fourth-order valence-electron chi connectivity index (χ4n) is 2.03. The molecule has 0 aliphatic heterocycles. The lowest BCUT2D eigenvalue weighted by Crippen LogP contribution is -1.88. The first-order valence-electron chi connectivity index (χ1n) is 6.21. The highest BCUT2D eigenvalue weighted by Gasteiger charge is 2.15. The molecule has 0 radical (unpaired) electrons. The van der Waals surface area contributed by atoms with Gasteiger partial charge in [-0.05, 0) is 29.8 Å². The largest absolute Gasteiger partial charge is 0.269 e. The van der Waals surface area contributed by atoms with Gasteiger partial charge in [-0.25, -0.2) is 4.98 Å². The maximum Gasteiger partial charge on any atom is 0.269 e. The van der Waals surface area contributed by atoms with Gasteiger partial charge >= 0.3 is 0 Å². The minimum absolute atomic E-state index is 0.0399. The van der Waals surface area contributed by atoms with Crippen molar-refractivity contribution in [3.05, 3.63) is 68.1 Å². The van der Waals surface area contributed by atoms with E-state index >= 15 is 0 Å². The molecule has 2 aromatic carbocycles. The molecule has 0 N–H and O–H groups in total. The Balaban J connectivity index is 2.07. The van der Waals surface area contributed by atoms with Gasteiger partial charge in [0.1, 0.15) is 0 Å². The molecule has 0 aliphatic rings. The van der Waals surface area contributed by atoms with Gasteiger partial charge in [0.25, 0.3) is 5.69 Å². The SMILES string of the molecule is O=[N+]([O-])c1ccc(-c2nc(Cl)sc2-c2ccc(Cl)cc2)cc1. The van der Waals surface area contributed by atoms with Gasteiger partial charge in [-0.15, -0.1) is 11.3 Å². The van der Waals surface area contributed by atoms with E-state index < -0.39 is 4.92 Å². The van der Waals surface area contributed by atoms with Crippen LogP contribution in [0.5, 0.6) is 0 Å². The van der Waals surface area contributed by atoms with Crippen LogP contribution in [0.2, 0.25) is 9.49 Å². The first-order chi connectivity index (χ1) is 10.5. The quantitative estimate of drug-likeness (QED) is 0.450. The summed E-state index contributed by atoms with van der Waals surface area (Å²) in [6.07, 6.45) is 0. The summed E-state index contributed by atoms with van der Waals surface area (Å²) >= 11 is 13.3. The van der Waals surface area contributed by atoms with Crippen molar-refractivity contribution < 1.29 is 4.92 Å². The predicted molar refractivity (Wildman–Crippen MR) is 89.7 cm³/mol. The molecule has 110 valence electrons. The number of nitro groups is 1. The van der Waals surface area contributed by atoms with Crippen LogP contribution in [0.3, 0.4) is 0 Å². The van der Waals surface area contributed by atoms with Gasteiger partial charge in [0.2, 0.25) is 0 Å². The summed E-state index contributed by atoms with van der Waals surface area (Å²) in [5, 5.41) is 11.4. The number of nitrogens with zero attached hydrogens (tertiary/aromatic N) is 2. The van der Waals surface area contributed by atoms with Crippen LogP contribution in [0.4, 0.5) is 5.69 Å². The second-order valence-corrected chi connectivity index (χ2v) is 6.47. The Labute approximate surface area is 140 Å². The molecule has 3 rings (SSSR count). The molecule has 3 aromatic rings. The molecule has 7 heteroatoms. The molecule has 4 nitrogen and oxygen atoms in total. The van der Waals surface area contributed by atoms with Gasteiger partial charge in [0.15, 0.2) is 4.47 Å². The third kappa shape index (κ3) is 2.97. The lowest BCUT2D eigenvalue weighted by molar-refractivity contribution is -0.384. The Morgan fingerprint density at radius 1 is 0.955 bits per heavy atom. The smallest absolute Gasteiger partial charge is 0.258 e. The van der Waals surface area contributed by atoms with Crippen LogP contribution in [0.25, 0.3) is 21.7 Å². The average molecular weight is 351 g/mol. The number of rotatable bonds is 3. The lowest BCUT2D eigenvalue weighted by Gasteiger charge is -2.03. The molecule has 0 bridgehead atoms. The molecule has 1 aromatic heterocycles. The van der Waals surface area contributed by atoms with E-state index in [-0.39, 0.29) is 5.69 Å². The van der Waals surface area contributed by atoms with E-state index in [1.165, 1.54) is 23.5 Å². The van der Waals surface area contributed by atoms with E-state index in [1.54, 1.807) is 24.3 Å². The Hall–Kier alpha value is -1.95. The van der Waals surface area contributed by atoms with Crippen LogP contribution in [0, 0.1) is 10.1 Å². The Morgan fingerprint density at radius 3 is 2.14 bits per heavy atom. The average Bonchev–Trinajstić information content (AvgIpc) is 2.90. The van der Waals surface area contributed by atoms with Gasteiger partial charge in [-0.2, -0.15) is 0 Å². The molecule has 0 atom stereocenters. The summed E-state index contributed by atoms with van der Waals surface area (Å²) in [5.41, 5.74) is 2.46. The number of aromatic nitrogens is 1. The number of benzene rings is 2. The van der Waals surface area contributed by atoms with Crippen molar-refractivity contribution in [2.24, 2.45) is 0 Å². The van der Waals surface area contributed by atoms with E-state index in [0.717, 1.165) is 16.0 Å². The summed E-state index contributed by atoms with van der Waals surface area (Å²) in [4.78, 5) is 15.5. The van der Waals surface area contributed by atoms with E-state index in [0.29, 0.717) is 15.2 Å². The third-order valence-electron chi connectivity index (χ3n) is 3.06. The number of nitro benzene ring substituents is 1. The van der Waals surface area contributed by atoms with Gasteiger partial charge in [0.05, 0.1) is 15.5 Å². The fourth-order valence-corrected chi connectivity index (χ4v) is 3.29. The topological polar surface area (TPSA) is 56.0 Å². The molecule has 0 fully saturated rings. The zero-order chi connectivity index (χ0) is 15.7. The van der Waals surface area contributed by atoms with E-state index in [4.69, 9.17) is 23.2 Å². The van der Waals surface area contributed by atoms with E-state index in [9.17, 15) is 10.1 Å². The van der Waals surface area contributed by atoms with Crippen molar-refractivity contribution in [1.29, 1.82) is 0 Å². The molecular weight excluding hydrogens is 343 g/mol. The number of halogens is 2. The molecule has 0 aliphatic carbocycles. The Kier molecular flexibility index (Phi) is 4.11.